The van der Waals surface area contributed by atoms with E-state index in [1.165, 1.54) is 0 Å². The summed E-state index contributed by atoms with van der Waals surface area (Å²) in [6, 6.07) is 20.2. The average molecular weight is 375 g/mol. The van der Waals surface area contributed by atoms with Crippen molar-refractivity contribution in [2.75, 3.05) is 13.1 Å². The normalized spacial score (nSPS) is 14.8. The van der Waals surface area contributed by atoms with Gasteiger partial charge in [0.1, 0.15) is 12.2 Å². The minimum atomic E-state index is 0.0229. The van der Waals surface area contributed by atoms with Gasteiger partial charge in [-0.05, 0) is 36.5 Å². The lowest BCUT2D eigenvalue weighted by molar-refractivity contribution is 0.169. The van der Waals surface area contributed by atoms with Gasteiger partial charge < -0.3 is 10.2 Å². The second-order valence-corrected chi connectivity index (χ2v) is 7.23. The van der Waals surface area contributed by atoms with Crippen molar-refractivity contribution in [3.63, 3.8) is 0 Å². The molecule has 28 heavy (non-hydrogen) atoms. The first kappa shape index (κ1) is 18.2. The van der Waals surface area contributed by atoms with Gasteiger partial charge in [0.15, 0.2) is 0 Å². The molecule has 2 heterocycles. The predicted octanol–water partition coefficient (Wildman–Crippen LogP) is 3.43. The number of urea groups is 1. The maximum atomic E-state index is 12.4. The molecule has 0 atom stereocenters. The van der Waals surface area contributed by atoms with Crippen molar-refractivity contribution in [3.05, 3.63) is 78.4 Å². The molecular weight excluding hydrogens is 350 g/mol. The van der Waals surface area contributed by atoms with Gasteiger partial charge in [-0.15, -0.1) is 10.2 Å². The van der Waals surface area contributed by atoms with E-state index in [1.54, 1.807) is 6.33 Å². The molecule has 1 saturated heterocycles. The molecule has 1 fully saturated rings. The maximum absolute atomic E-state index is 12.4. The lowest BCUT2D eigenvalue weighted by Crippen LogP contribution is -2.44. The van der Waals surface area contributed by atoms with Crippen molar-refractivity contribution in [3.8, 4) is 5.69 Å². The number of carbonyl (C=O) groups excluding carboxylic acids is 1. The molecule has 4 rings (SSSR count). The Balaban J connectivity index is 1.28. The van der Waals surface area contributed by atoms with Crippen LogP contribution in [0.15, 0.2) is 67.0 Å². The summed E-state index contributed by atoms with van der Waals surface area (Å²) < 4.78 is 2.05. The molecule has 3 aromatic rings. The van der Waals surface area contributed by atoms with Crippen LogP contribution in [-0.4, -0.2) is 38.8 Å². The number of hydrogen-bond donors (Lipinski definition) is 1. The first-order valence-electron chi connectivity index (χ1n) is 9.80. The SMILES string of the molecule is O=C(NCc1ccccc1)N1CCC(Cc2nncn2-c2ccccc2)CC1. The summed E-state index contributed by atoms with van der Waals surface area (Å²) in [6.07, 6.45) is 4.63. The van der Waals surface area contributed by atoms with E-state index in [9.17, 15) is 4.79 Å². The molecule has 0 saturated carbocycles. The zero-order chi connectivity index (χ0) is 19.2. The second-order valence-electron chi connectivity index (χ2n) is 7.23. The number of para-hydroxylation sites is 1. The van der Waals surface area contributed by atoms with Crippen molar-refractivity contribution in [2.24, 2.45) is 5.92 Å². The highest BCUT2D eigenvalue weighted by Crippen LogP contribution is 2.22. The van der Waals surface area contributed by atoms with Gasteiger partial charge in [-0.1, -0.05) is 48.5 Å². The van der Waals surface area contributed by atoms with Gasteiger partial charge in [-0.3, -0.25) is 4.57 Å². The number of aromatic nitrogens is 3. The largest absolute Gasteiger partial charge is 0.334 e. The van der Waals surface area contributed by atoms with Crippen LogP contribution in [0.2, 0.25) is 0 Å². The van der Waals surface area contributed by atoms with Crippen LogP contribution in [0.1, 0.15) is 24.2 Å². The molecule has 6 nitrogen and oxygen atoms in total. The van der Waals surface area contributed by atoms with E-state index in [-0.39, 0.29) is 6.03 Å². The number of piperidine rings is 1. The smallest absolute Gasteiger partial charge is 0.317 e. The molecule has 0 bridgehead atoms. The van der Waals surface area contributed by atoms with E-state index in [4.69, 9.17) is 0 Å². The highest BCUT2D eigenvalue weighted by Gasteiger charge is 2.24. The summed E-state index contributed by atoms with van der Waals surface area (Å²) in [5.74, 6) is 1.50. The summed E-state index contributed by atoms with van der Waals surface area (Å²) in [5, 5.41) is 11.4. The van der Waals surface area contributed by atoms with Crippen LogP contribution < -0.4 is 5.32 Å². The standard InChI is InChI=1S/C22H25N5O/c28-22(23-16-19-7-3-1-4-8-19)26-13-11-18(12-14-26)15-21-25-24-17-27(21)20-9-5-2-6-10-20/h1-10,17-18H,11-16H2,(H,23,28). The fourth-order valence-electron chi connectivity index (χ4n) is 3.69. The Morgan fingerprint density at radius 2 is 1.68 bits per heavy atom. The van der Waals surface area contributed by atoms with E-state index < -0.39 is 0 Å². The van der Waals surface area contributed by atoms with Crippen LogP contribution in [-0.2, 0) is 13.0 Å². The van der Waals surface area contributed by atoms with Gasteiger partial charge in [-0.2, -0.15) is 0 Å². The molecule has 1 aliphatic rings. The number of nitrogens with one attached hydrogen (secondary N) is 1. The Kier molecular flexibility index (Phi) is 5.66. The average Bonchev–Trinajstić information content (AvgIpc) is 3.22. The van der Waals surface area contributed by atoms with Crippen LogP contribution in [0, 0.1) is 5.92 Å². The van der Waals surface area contributed by atoms with E-state index in [0.717, 1.165) is 49.4 Å². The Morgan fingerprint density at radius 1 is 1.00 bits per heavy atom. The van der Waals surface area contributed by atoms with Crippen LogP contribution in [0.3, 0.4) is 0 Å². The van der Waals surface area contributed by atoms with Crippen LogP contribution in [0.4, 0.5) is 4.79 Å². The predicted molar refractivity (Wildman–Crippen MR) is 108 cm³/mol. The van der Waals surface area contributed by atoms with Crippen LogP contribution in [0.5, 0.6) is 0 Å². The van der Waals surface area contributed by atoms with Gasteiger partial charge in [0.2, 0.25) is 0 Å². The van der Waals surface area contributed by atoms with Crippen molar-refractivity contribution in [1.82, 2.24) is 25.0 Å². The fourth-order valence-corrected chi connectivity index (χ4v) is 3.69. The topological polar surface area (TPSA) is 63.1 Å². The van der Waals surface area contributed by atoms with Gasteiger partial charge >= 0.3 is 6.03 Å². The third-order valence-electron chi connectivity index (χ3n) is 5.31. The van der Waals surface area contributed by atoms with E-state index in [2.05, 4.69) is 32.2 Å². The monoisotopic (exact) mass is 375 g/mol. The van der Waals surface area contributed by atoms with Gasteiger partial charge in [-0.25, -0.2) is 4.79 Å². The minimum Gasteiger partial charge on any atom is -0.334 e. The van der Waals surface area contributed by atoms with Gasteiger partial charge in [0, 0.05) is 31.7 Å². The zero-order valence-electron chi connectivity index (χ0n) is 15.9. The number of benzene rings is 2. The van der Waals surface area contributed by atoms with Gasteiger partial charge in [0.25, 0.3) is 0 Å². The minimum absolute atomic E-state index is 0.0229. The molecule has 1 N–H and O–H groups in total. The molecule has 2 aromatic carbocycles. The number of nitrogens with zero attached hydrogens (tertiary/aromatic N) is 4. The first-order chi connectivity index (χ1) is 13.8. The Hall–Kier alpha value is -3.15. The molecule has 0 aliphatic carbocycles. The first-order valence-corrected chi connectivity index (χ1v) is 9.80. The molecule has 2 amide bonds. The number of likely N-dealkylation sites (tertiary alicyclic amines) is 1. The third kappa shape index (κ3) is 4.39. The summed E-state index contributed by atoms with van der Waals surface area (Å²) in [5.41, 5.74) is 2.20. The molecule has 0 unspecified atom stereocenters. The molecule has 1 aromatic heterocycles. The Bertz CT molecular complexity index is 886. The fraction of sp³-hybridized carbons (Fsp3) is 0.318. The molecular formula is C22H25N5O. The van der Waals surface area contributed by atoms with Crippen molar-refractivity contribution < 1.29 is 4.79 Å². The number of rotatable bonds is 5. The van der Waals surface area contributed by atoms with Crippen LogP contribution >= 0.6 is 0 Å². The summed E-state index contributed by atoms with van der Waals surface area (Å²) in [7, 11) is 0. The maximum Gasteiger partial charge on any atom is 0.317 e. The molecule has 0 radical (unpaired) electrons. The van der Waals surface area contributed by atoms with Gasteiger partial charge in [0.05, 0.1) is 0 Å². The lowest BCUT2D eigenvalue weighted by atomic mass is 9.93. The van der Waals surface area contributed by atoms with Crippen molar-refractivity contribution in [2.45, 2.75) is 25.8 Å². The second kappa shape index (κ2) is 8.69. The number of carbonyl (C=O) groups is 1. The van der Waals surface area contributed by atoms with Crippen molar-refractivity contribution in [1.29, 1.82) is 0 Å². The highest BCUT2D eigenvalue weighted by atomic mass is 16.2. The zero-order valence-corrected chi connectivity index (χ0v) is 15.9. The third-order valence-corrected chi connectivity index (χ3v) is 5.31. The molecule has 0 spiro atoms. The molecule has 1 aliphatic heterocycles. The Labute approximate surface area is 165 Å². The van der Waals surface area contributed by atoms with Crippen molar-refractivity contribution >= 4 is 6.03 Å². The Morgan fingerprint density at radius 3 is 2.39 bits per heavy atom. The number of amides is 2. The lowest BCUT2D eigenvalue weighted by Gasteiger charge is -2.32. The molecule has 6 heteroatoms. The van der Waals surface area contributed by atoms with E-state index >= 15 is 0 Å². The summed E-state index contributed by atoms with van der Waals surface area (Å²) >= 11 is 0. The highest BCUT2D eigenvalue weighted by molar-refractivity contribution is 5.74. The molecule has 144 valence electrons. The van der Waals surface area contributed by atoms with E-state index in [0.29, 0.717) is 12.5 Å². The summed E-state index contributed by atoms with van der Waals surface area (Å²) in [6.45, 7) is 2.13. The quantitative estimate of drug-likeness (QED) is 0.743. The summed E-state index contributed by atoms with van der Waals surface area (Å²) in [4.78, 5) is 14.3. The van der Waals surface area contributed by atoms with Crippen LogP contribution in [0.25, 0.3) is 5.69 Å². The van der Waals surface area contributed by atoms with E-state index in [1.807, 2.05) is 53.4 Å². The number of hydrogen-bond acceptors (Lipinski definition) is 3.